The van der Waals surface area contributed by atoms with Gasteiger partial charge in [0.1, 0.15) is 5.69 Å². The molecule has 62 valence electrons. The zero-order valence-corrected chi connectivity index (χ0v) is 7.23. The lowest BCUT2D eigenvalue weighted by molar-refractivity contribution is 0.0691. The second-order valence-corrected chi connectivity index (χ2v) is 3.91. The summed E-state index contributed by atoms with van der Waals surface area (Å²) in [6.45, 7) is 2.00. The van der Waals surface area contributed by atoms with Gasteiger partial charge in [-0.25, -0.2) is 4.79 Å². The van der Waals surface area contributed by atoms with E-state index in [1.54, 1.807) is 17.4 Å². The Balaban J connectivity index is 2.64. The van der Waals surface area contributed by atoms with Gasteiger partial charge in [-0.1, -0.05) is 0 Å². The minimum atomic E-state index is -0.906. The van der Waals surface area contributed by atoms with Gasteiger partial charge in [-0.05, 0) is 19.1 Å². The van der Waals surface area contributed by atoms with Crippen LogP contribution in [0.5, 0.6) is 0 Å². The predicted molar refractivity (Wildman–Crippen MR) is 47.9 cm³/mol. The maximum Gasteiger partial charge on any atom is 0.352 e. The maximum absolute atomic E-state index is 10.5. The van der Waals surface area contributed by atoms with Crippen molar-refractivity contribution in [3.8, 4) is 0 Å². The third-order valence-corrected chi connectivity index (χ3v) is 2.66. The van der Waals surface area contributed by atoms with Crippen molar-refractivity contribution in [3.63, 3.8) is 0 Å². The standard InChI is InChI=1S/C8H7NO2S/c1-4-2-5-7(12-4)3-6(9-5)8(10)11/h2-3,9H,1H3,(H,10,11). The molecule has 3 nitrogen and oxygen atoms in total. The molecular formula is C8H7NO2S. The first kappa shape index (κ1) is 7.36. The molecule has 2 heterocycles. The Bertz CT molecular complexity index is 409. The van der Waals surface area contributed by atoms with Crippen LogP contribution in [0, 0.1) is 6.92 Å². The van der Waals surface area contributed by atoms with E-state index < -0.39 is 5.97 Å². The van der Waals surface area contributed by atoms with Crippen molar-refractivity contribution in [2.75, 3.05) is 0 Å². The maximum atomic E-state index is 10.5. The van der Waals surface area contributed by atoms with E-state index in [0.717, 1.165) is 10.2 Å². The number of H-pyrrole nitrogens is 1. The Morgan fingerprint density at radius 1 is 1.58 bits per heavy atom. The zero-order valence-electron chi connectivity index (χ0n) is 6.42. The Kier molecular flexibility index (Phi) is 1.44. The number of carboxylic acid groups (broad SMARTS) is 1. The van der Waals surface area contributed by atoms with Crippen molar-refractivity contribution in [2.45, 2.75) is 6.92 Å². The number of thiophene rings is 1. The summed E-state index contributed by atoms with van der Waals surface area (Å²) in [6.07, 6.45) is 0. The van der Waals surface area contributed by atoms with E-state index in [9.17, 15) is 4.79 Å². The first-order valence-corrected chi connectivity index (χ1v) is 4.31. The predicted octanol–water partition coefficient (Wildman–Crippen LogP) is 2.24. The highest BCUT2D eigenvalue weighted by Crippen LogP contribution is 2.25. The number of hydrogen-bond donors (Lipinski definition) is 2. The number of aryl methyl sites for hydroxylation is 1. The van der Waals surface area contributed by atoms with Crippen molar-refractivity contribution in [2.24, 2.45) is 0 Å². The third-order valence-electron chi connectivity index (χ3n) is 1.66. The van der Waals surface area contributed by atoms with Crippen LogP contribution in [0.15, 0.2) is 12.1 Å². The van der Waals surface area contributed by atoms with Crippen molar-refractivity contribution in [1.82, 2.24) is 4.98 Å². The number of nitrogens with one attached hydrogen (secondary N) is 1. The lowest BCUT2D eigenvalue weighted by Crippen LogP contribution is -1.94. The number of rotatable bonds is 1. The average molecular weight is 181 g/mol. The van der Waals surface area contributed by atoms with Crippen LogP contribution in [0.2, 0.25) is 0 Å². The first-order valence-electron chi connectivity index (χ1n) is 3.49. The first-order chi connectivity index (χ1) is 5.66. The van der Waals surface area contributed by atoms with Gasteiger partial charge in [0.15, 0.2) is 0 Å². The molecule has 0 unspecified atom stereocenters. The molecule has 12 heavy (non-hydrogen) atoms. The average Bonchev–Trinajstić information content (AvgIpc) is 2.42. The zero-order chi connectivity index (χ0) is 8.72. The van der Waals surface area contributed by atoms with E-state index >= 15 is 0 Å². The summed E-state index contributed by atoms with van der Waals surface area (Å²) in [5, 5.41) is 8.65. The molecule has 0 atom stereocenters. The molecule has 0 aliphatic heterocycles. The topological polar surface area (TPSA) is 53.1 Å². The van der Waals surface area contributed by atoms with Gasteiger partial charge in [0, 0.05) is 4.88 Å². The third kappa shape index (κ3) is 1.00. The normalized spacial score (nSPS) is 10.8. The van der Waals surface area contributed by atoms with E-state index in [4.69, 9.17) is 5.11 Å². The van der Waals surface area contributed by atoms with E-state index in [1.807, 2.05) is 13.0 Å². The molecule has 2 aromatic heterocycles. The number of hydrogen-bond acceptors (Lipinski definition) is 2. The molecule has 0 saturated carbocycles. The summed E-state index contributed by atoms with van der Waals surface area (Å²) in [6, 6.07) is 3.61. The number of aromatic carboxylic acids is 1. The van der Waals surface area contributed by atoms with Crippen LogP contribution in [-0.2, 0) is 0 Å². The number of fused-ring (bicyclic) bond motifs is 1. The molecular weight excluding hydrogens is 174 g/mol. The van der Waals surface area contributed by atoms with E-state index in [1.165, 1.54) is 4.88 Å². The minimum absolute atomic E-state index is 0.260. The highest BCUT2D eigenvalue weighted by atomic mass is 32.1. The highest BCUT2D eigenvalue weighted by Gasteiger charge is 2.08. The molecule has 0 aliphatic carbocycles. The molecule has 2 N–H and O–H groups in total. The van der Waals surface area contributed by atoms with E-state index in [0.29, 0.717) is 0 Å². The van der Waals surface area contributed by atoms with Crippen LogP contribution in [0.1, 0.15) is 15.4 Å². The molecule has 2 aromatic rings. The van der Waals surface area contributed by atoms with Gasteiger partial charge in [-0.2, -0.15) is 0 Å². The van der Waals surface area contributed by atoms with Crippen molar-refractivity contribution in [3.05, 3.63) is 22.7 Å². The van der Waals surface area contributed by atoms with Crippen LogP contribution in [0.4, 0.5) is 0 Å². The molecule has 2 rings (SSSR count). The van der Waals surface area contributed by atoms with Gasteiger partial charge in [0.2, 0.25) is 0 Å². The molecule has 0 aromatic carbocycles. The van der Waals surface area contributed by atoms with Crippen LogP contribution in [-0.4, -0.2) is 16.1 Å². The second kappa shape index (κ2) is 2.35. The SMILES string of the molecule is Cc1cc2[nH]c(C(=O)O)cc2s1. The van der Waals surface area contributed by atoms with E-state index in [2.05, 4.69) is 4.98 Å². The molecule has 0 radical (unpaired) electrons. The smallest absolute Gasteiger partial charge is 0.352 e. The lowest BCUT2D eigenvalue weighted by atomic mass is 10.4. The van der Waals surface area contributed by atoms with Gasteiger partial charge in [0.05, 0.1) is 10.2 Å². The van der Waals surface area contributed by atoms with Gasteiger partial charge < -0.3 is 10.1 Å². The number of aromatic nitrogens is 1. The molecule has 0 amide bonds. The molecule has 0 bridgehead atoms. The summed E-state index contributed by atoms with van der Waals surface area (Å²) in [4.78, 5) is 14.5. The number of aromatic amines is 1. The summed E-state index contributed by atoms with van der Waals surface area (Å²) >= 11 is 1.60. The van der Waals surface area contributed by atoms with Crippen LogP contribution < -0.4 is 0 Å². The van der Waals surface area contributed by atoms with Gasteiger partial charge >= 0.3 is 5.97 Å². The van der Waals surface area contributed by atoms with Crippen molar-refractivity contribution in [1.29, 1.82) is 0 Å². The largest absolute Gasteiger partial charge is 0.477 e. The van der Waals surface area contributed by atoms with E-state index in [-0.39, 0.29) is 5.69 Å². The Hall–Kier alpha value is -1.29. The van der Waals surface area contributed by atoms with Crippen molar-refractivity contribution >= 4 is 27.5 Å². The van der Waals surface area contributed by atoms with Gasteiger partial charge in [0.25, 0.3) is 0 Å². The molecule has 0 spiro atoms. The minimum Gasteiger partial charge on any atom is -0.477 e. The van der Waals surface area contributed by atoms with Crippen LogP contribution in [0.25, 0.3) is 10.2 Å². The fourth-order valence-electron chi connectivity index (χ4n) is 1.16. The molecule has 0 fully saturated rings. The lowest BCUT2D eigenvalue weighted by Gasteiger charge is -1.83. The summed E-state index contributed by atoms with van der Waals surface area (Å²) in [5.74, 6) is -0.906. The second-order valence-electron chi connectivity index (χ2n) is 2.62. The summed E-state index contributed by atoms with van der Waals surface area (Å²) in [7, 11) is 0. The highest BCUT2D eigenvalue weighted by molar-refractivity contribution is 7.19. The number of carbonyl (C=O) groups is 1. The molecule has 0 aliphatic rings. The Labute approximate surface area is 72.6 Å². The summed E-state index contributed by atoms with van der Waals surface area (Å²) < 4.78 is 1.00. The van der Waals surface area contributed by atoms with Crippen molar-refractivity contribution < 1.29 is 9.90 Å². The Morgan fingerprint density at radius 3 is 2.92 bits per heavy atom. The number of carboxylic acids is 1. The van der Waals surface area contributed by atoms with Gasteiger partial charge in [-0.15, -0.1) is 11.3 Å². The fourth-order valence-corrected chi connectivity index (χ4v) is 2.08. The summed E-state index contributed by atoms with van der Waals surface area (Å²) in [5.41, 5.74) is 1.17. The quantitative estimate of drug-likeness (QED) is 0.708. The Morgan fingerprint density at radius 2 is 2.33 bits per heavy atom. The van der Waals surface area contributed by atoms with Crippen LogP contribution in [0.3, 0.4) is 0 Å². The fraction of sp³-hybridized carbons (Fsp3) is 0.125. The molecule has 0 saturated heterocycles. The molecule has 4 heteroatoms. The van der Waals surface area contributed by atoms with Gasteiger partial charge in [-0.3, -0.25) is 0 Å². The monoisotopic (exact) mass is 181 g/mol. The van der Waals surface area contributed by atoms with Crippen LogP contribution >= 0.6 is 11.3 Å².